The first-order valence-electron chi connectivity index (χ1n) is 7.47. The third-order valence-corrected chi connectivity index (χ3v) is 4.73. The van der Waals surface area contributed by atoms with Gasteiger partial charge in [-0.1, -0.05) is 52.0 Å². The monoisotopic (exact) mass is 291 g/mol. The van der Waals surface area contributed by atoms with E-state index in [4.69, 9.17) is 17.4 Å². The topological polar surface area (TPSA) is 26.3 Å². The highest BCUT2D eigenvalue weighted by Crippen LogP contribution is 2.37. The van der Waals surface area contributed by atoms with Crippen LogP contribution in [0.15, 0.2) is 29.2 Å². The van der Waals surface area contributed by atoms with Gasteiger partial charge < -0.3 is 4.74 Å². The van der Waals surface area contributed by atoms with Crippen LogP contribution in [0.5, 0.6) is 0 Å². The molecule has 0 heterocycles. The lowest BCUT2D eigenvalue weighted by molar-refractivity contribution is -0.0244. The lowest BCUT2D eigenvalue weighted by Gasteiger charge is -2.38. The average Bonchev–Trinajstić information content (AvgIpc) is 2.38. The second-order valence-electron chi connectivity index (χ2n) is 6.17. The van der Waals surface area contributed by atoms with Gasteiger partial charge in [0, 0.05) is 5.92 Å². The van der Waals surface area contributed by atoms with Gasteiger partial charge in [-0.2, -0.15) is 0 Å². The fourth-order valence-electron chi connectivity index (χ4n) is 3.45. The molecule has 1 aliphatic carbocycles. The van der Waals surface area contributed by atoms with E-state index in [9.17, 15) is 4.79 Å². The molecule has 0 aliphatic heterocycles. The molecule has 0 amide bonds. The van der Waals surface area contributed by atoms with Crippen LogP contribution in [0.2, 0.25) is 0 Å². The first kappa shape index (κ1) is 15.3. The molecule has 0 saturated heterocycles. The number of carbonyl (C=O) groups excluding carboxylic acids is 1. The number of carbonyl (C=O) groups is 1. The fourth-order valence-corrected chi connectivity index (χ4v) is 3.68. The summed E-state index contributed by atoms with van der Waals surface area (Å²) in [6.45, 7) is 6.70. The summed E-state index contributed by atoms with van der Waals surface area (Å²) in [7, 11) is 0. The van der Waals surface area contributed by atoms with Crippen LogP contribution < -0.4 is 0 Å². The van der Waals surface area contributed by atoms with Crippen molar-refractivity contribution in [3.05, 3.63) is 29.8 Å². The SMILES string of the molecule is CC(C)C1C(C)CCCC1OC(=O)c1ccccc1[S]. The molecule has 109 valence electrons. The maximum absolute atomic E-state index is 12.3. The minimum absolute atomic E-state index is 0.0286. The Morgan fingerprint density at radius 2 is 2.00 bits per heavy atom. The van der Waals surface area contributed by atoms with E-state index < -0.39 is 0 Å². The van der Waals surface area contributed by atoms with E-state index in [1.165, 1.54) is 6.42 Å². The maximum atomic E-state index is 12.3. The Balaban J connectivity index is 2.11. The Morgan fingerprint density at radius 1 is 1.30 bits per heavy atom. The lowest BCUT2D eigenvalue weighted by Crippen LogP contribution is -2.38. The molecule has 0 N–H and O–H groups in total. The zero-order valence-electron chi connectivity index (χ0n) is 12.5. The number of esters is 1. The van der Waals surface area contributed by atoms with Gasteiger partial charge in [0.15, 0.2) is 0 Å². The Kier molecular flexibility index (Phi) is 5.03. The quantitative estimate of drug-likeness (QED) is 0.743. The average molecular weight is 291 g/mol. The summed E-state index contributed by atoms with van der Waals surface area (Å²) in [5, 5.41) is 0. The first-order valence-corrected chi connectivity index (χ1v) is 7.88. The van der Waals surface area contributed by atoms with Gasteiger partial charge in [0.1, 0.15) is 6.10 Å². The third-order valence-electron chi connectivity index (χ3n) is 4.37. The molecule has 0 aromatic heterocycles. The molecule has 3 unspecified atom stereocenters. The van der Waals surface area contributed by atoms with E-state index in [1.54, 1.807) is 12.1 Å². The highest BCUT2D eigenvalue weighted by atomic mass is 32.1. The number of hydrogen-bond acceptors (Lipinski definition) is 2. The van der Waals surface area contributed by atoms with Gasteiger partial charge in [0.05, 0.1) is 10.5 Å². The molecule has 1 fully saturated rings. The van der Waals surface area contributed by atoms with Crippen LogP contribution in [0.25, 0.3) is 0 Å². The van der Waals surface area contributed by atoms with Gasteiger partial charge in [0.25, 0.3) is 0 Å². The van der Waals surface area contributed by atoms with Crippen LogP contribution >= 0.6 is 12.6 Å². The highest BCUT2D eigenvalue weighted by molar-refractivity contribution is 7.80. The van der Waals surface area contributed by atoms with Gasteiger partial charge in [-0.05, 0) is 36.8 Å². The van der Waals surface area contributed by atoms with Crippen molar-refractivity contribution in [3.63, 3.8) is 0 Å². The zero-order chi connectivity index (χ0) is 14.7. The van der Waals surface area contributed by atoms with Crippen LogP contribution in [0, 0.1) is 17.8 Å². The molecule has 1 aromatic rings. The maximum Gasteiger partial charge on any atom is 0.339 e. The standard InChI is InChI=1S/C17H23O2S/c1-11(2)16-12(3)7-6-9-14(16)19-17(18)13-8-4-5-10-15(13)20/h4-5,8,10-12,14,16H,6-7,9H2,1-3H3. The summed E-state index contributed by atoms with van der Waals surface area (Å²) in [6.07, 6.45) is 3.37. The van der Waals surface area contributed by atoms with Gasteiger partial charge >= 0.3 is 5.97 Å². The number of hydrogen-bond donors (Lipinski definition) is 0. The Morgan fingerprint density at radius 3 is 2.65 bits per heavy atom. The summed E-state index contributed by atoms with van der Waals surface area (Å²) in [5.41, 5.74) is 0.517. The van der Waals surface area contributed by atoms with Crippen LogP contribution in [-0.4, -0.2) is 12.1 Å². The Hall–Kier alpha value is -1.09. The van der Waals surface area contributed by atoms with Crippen LogP contribution in [-0.2, 0) is 4.74 Å². The predicted molar refractivity (Wildman–Crippen MR) is 82.8 cm³/mol. The molecule has 1 aliphatic rings. The molecular formula is C17H23O2S. The van der Waals surface area contributed by atoms with Gasteiger partial charge in [-0.3, -0.25) is 0 Å². The van der Waals surface area contributed by atoms with Crippen molar-refractivity contribution in [3.8, 4) is 0 Å². The predicted octanol–water partition coefficient (Wildman–Crippen LogP) is 4.86. The van der Waals surface area contributed by atoms with Gasteiger partial charge in [0.2, 0.25) is 0 Å². The smallest absolute Gasteiger partial charge is 0.339 e. The molecule has 0 spiro atoms. The van der Waals surface area contributed by atoms with Crippen molar-refractivity contribution < 1.29 is 9.53 Å². The second-order valence-corrected chi connectivity index (χ2v) is 6.61. The van der Waals surface area contributed by atoms with E-state index in [2.05, 4.69) is 20.8 Å². The van der Waals surface area contributed by atoms with Crippen molar-refractivity contribution >= 4 is 18.6 Å². The van der Waals surface area contributed by atoms with Crippen molar-refractivity contribution in [2.24, 2.45) is 17.8 Å². The summed E-state index contributed by atoms with van der Waals surface area (Å²) >= 11 is 5.20. The van der Waals surface area contributed by atoms with Crippen molar-refractivity contribution in [2.45, 2.75) is 51.0 Å². The minimum Gasteiger partial charge on any atom is -0.458 e. The number of ether oxygens (including phenoxy) is 1. The number of rotatable bonds is 3. The molecule has 20 heavy (non-hydrogen) atoms. The van der Waals surface area contributed by atoms with E-state index in [0.717, 1.165) is 12.8 Å². The van der Waals surface area contributed by atoms with Crippen molar-refractivity contribution in [2.75, 3.05) is 0 Å². The van der Waals surface area contributed by atoms with Crippen molar-refractivity contribution in [1.82, 2.24) is 0 Å². The largest absolute Gasteiger partial charge is 0.458 e. The summed E-state index contributed by atoms with van der Waals surface area (Å²) in [5.74, 6) is 1.33. The van der Waals surface area contributed by atoms with E-state index >= 15 is 0 Å². The summed E-state index contributed by atoms with van der Waals surface area (Å²) < 4.78 is 5.80. The van der Waals surface area contributed by atoms with E-state index in [1.807, 2.05) is 12.1 Å². The number of benzene rings is 1. The third kappa shape index (κ3) is 3.32. The zero-order valence-corrected chi connectivity index (χ0v) is 13.3. The molecule has 2 rings (SSSR count). The van der Waals surface area contributed by atoms with E-state index in [-0.39, 0.29) is 12.1 Å². The molecule has 1 aromatic carbocycles. The van der Waals surface area contributed by atoms with Gasteiger partial charge in [-0.25, -0.2) is 4.79 Å². The molecule has 1 radical (unpaired) electrons. The first-order chi connectivity index (χ1) is 9.50. The molecule has 0 bridgehead atoms. The van der Waals surface area contributed by atoms with Crippen LogP contribution in [0.1, 0.15) is 50.4 Å². The van der Waals surface area contributed by atoms with E-state index in [0.29, 0.717) is 28.2 Å². The summed E-state index contributed by atoms with van der Waals surface area (Å²) in [6, 6.07) is 7.20. The molecule has 3 atom stereocenters. The molecule has 2 nitrogen and oxygen atoms in total. The van der Waals surface area contributed by atoms with Crippen LogP contribution in [0.3, 0.4) is 0 Å². The lowest BCUT2D eigenvalue weighted by atomic mass is 9.72. The normalized spacial score (nSPS) is 26.5. The Bertz CT molecular complexity index is 470. The molecule has 1 saturated carbocycles. The highest BCUT2D eigenvalue weighted by Gasteiger charge is 2.35. The van der Waals surface area contributed by atoms with Gasteiger partial charge in [-0.15, -0.1) is 0 Å². The summed E-state index contributed by atoms with van der Waals surface area (Å²) in [4.78, 5) is 12.9. The fraction of sp³-hybridized carbons (Fsp3) is 0.588. The molecule has 3 heteroatoms. The minimum atomic E-state index is -0.264. The Labute approximate surface area is 127 Å². The second kappa shape index (κ2) is 6.57. The van der Waals surface area contributed by atoms with Crippen molar-refractivity contribution in [1.29, 1.82) is 0 Å². The van der Waals surface area contributed by atoms with Crippen LogP contribution in [0.4, 0.5) is 0 Å². The molecular weight excluding hydrogens is 268 g/mol.